The lowest BCUT2D eigenvalue weighted by Gasteiger charge is -2.41. The molecular formula is C20H35BrN2. The van der Waals surface area contributed by atoms with Crippen LogP contribution < -0.4 is 21.9 Å². The van der Waals surface area contributed by atoms with Crippen LogP contribution in [0.4, 0.5) is 5.69 Å². The molecule has 0 unspecified atom stereocenters. The molecule has 1 aromatic carbocycles. The Morgan fingerprint density at radius 3 is 2.00 bits per heavy atom. The van der Waals surface area contributed by atoms with Gasteiger partial charge in [-0.2, -0.15) is 0 Å². The SMILES string of the molecule is CC[N+](CC)(CC)CCN(c1ccccc1)C1CCCCC1.[Br-]. The van der Waals surface area contributed by atoms with E-state index in [0.29, 0.717) is 0 Å². The summed E-state index contributed by atoms with van der Waals surface area (Å²) in [6, 6.07) is 11.9. The van der Waals surface area contributed by atoms with E-state index in [1.807, 2.05) is 0 Å². The molecule has 0 saturated heterocycles. The van der Waals surface area contributed by atoms with Gasteiger partial charge in [-0.3, -0.25) is 0 Å². The molecular weight excluding hydrogens is 348 g/mol. The number of rotatable bonds is 8. The standard InChI is InChI=1S/C20H35N2.BrH/c1-4-22(5-2,6-3)18-17-21(19-13-9-7-10-14-19)20-15-11-8-12-16-20;/h7,9-10,13-14,20H,4-6,8,11-12,15-18H2,1-3H3;1H/q+1;/p-1. The Bertz CT molecular complexity index is 403. The smallest absolute Gasteiger partial charge is 0.0964 e. The molecule has 0 bridgehead atoms. The maximum atomic E-state index is 2.72. The molecule has 23 heavy (non-hydrogen) atoms. The summed E-state index contributed by atoms with van der Waals surface area (Å²) in [6.07, 6.45) is 6.99. The van der Waals surface area contributed by atoms with Crippen molar-refractivity contribution in [3.05, 3.63) is 30.3 Å². The second kappa shape index (κ2) is 10.4. The Hall–Kier alpha value is -0.540. The molecule has 0 aliphatic heterocycles. The molecule has 3 heteroatoms. The van der Waals surface area contributed by atoms with Crippen LogP contribution in [0.3, 0.4) is 0 Å². The van der Waals surface area contributed by atoms with Crippen molar-refractivity contribution < 1.29 is 21.5 Å². The summed E-state index contributed by atoms with van der Waals surface area (Å²) in [7, 11) is 0. The Labute approximate surface area is 154 Å². The van der Waals surface area contributed by atoms with Crippen molar-refractivity contribution in [2.24, 2.45) is 0 Å². The molecule has 0 amide bonds. The van der Waals surface area contributed by atoms with Gasteiger partial charge in [0.05, 0.1) is 32.7 Å². The summed E-state index contributed by atoms with van der Waals surface area (Å²) in [5, 5.41) is 0. The minimum Gasteiger partial charge on any atom is -1.00 e. The summed E-state index contributed by atoms with van der Waals surface area (Å²) >= 11 is 0. The van der Waals surface area contributed by atoms with Crippen LogP contribution in [0.2, 0.25) is 0 Å². The normalized spacial score (nSPS) is 16.0. The highest BCUT2D eigenvalue weighted by Crippen LogP contribution is 2.27. The summed E-state index contributed by atoms with van der Waals surface area (Å²) < 4.78 is 1.25. The van der Waals surface area contributed by atoms with Crippen LogP contribution in [0.5, 0.6) is 0 Å². The molecule has 1 aliphatic rings. The lowest BCUT2D eigenvalue weighted by atomic mass is 9.93. The molecule has 1 aromatic rings. The van der Waals surface area contributed by atoms with Crippen LogP contribution in [0.1, 0.15) is 52.9 Å². The summed E-state index contributed by atoms with van der Waals surface area (Å²) in [5.41, 5.74) is 1.43. The van der Waals surface area contributed by atoms with Gasteiger partial charge in [0.15, 0.2) is 0 Å². The lowest BCUT2D eigenvalue weighted by Crippen LogP contribution is -3.00. The van der Waals surface area contributed by atoms with Crippen molar-refractivity contribution >= 4 is 5.69 Å². The number of halogens is 1. The summed E-state index contributed by atoms with van der Waals surface area (Å²) in [5.74, 6) is 0. The Morgan fingerprint density at radius 1 is 0.913 bits per heavy atom. The second-order valence-corrected chi connectivity index (χ2v) is 6.83. The van der Waals surface area contributed by atoms with Crippen molar-refractivity contribution in [1.82, 2.24) is 0 Å². The molecule has 1 aliphatic carbocycles. The number of para-hydroxylation sites is 1. The van der Waals surface area contributed by atoms with Gasteiger partial charge in [0, 0.05) is 11.7 Å². The van der Waals surface area contributed by atoms with Crippen LogP contribution in [0.15, 0.2) is 30.3 Å². The van der Waals surface area contributed by atoms with Crippen molar-refractivity contribution in [1.29, 1.82) is 0 Å². The number of benzene rings is 1. The fourth-order valence-electron chi connectivity index (χ4n) is 4.00. The van der Waals surface area contributed by atoms with E-state index in [2.05, 4.69) is 56.0 Å². The molecule has 0 spiro atoms. The van der Waals surface area contributed by atoms with Gasteiger partial charge in [0.25, 0.3) is 0 Å². The third-order valence-corrected chi connectivity index (χ3v) is 5.93. The molecule has 2 nitrogen and oxygen atoms in total. The van der Waals surface area contributed by atoms with E-state index in [1.54, 1.807) is 0 Å². The van der Waals surface area contributed by atoms with Crippen LogP contribution in [0, 0.1) is 0 Å². The predicted octanol–water partition coefficient (Wildman–Crippen LogP) is 1.71. The number of hydrogen-bond donors (Lipinski definition) is 0. The van der Waals surface area contributed by atoms with E-state index in [1.165, 1.54) is 75.0 Å². The molecule has 2 rings (SSSR count). The van der Waals surface area contributed by atoms with Gasteiger partial charge in [0.1, 0.15) is 0 Å². The van der Waals surface area contributed by atoms with E-state index in [4.69, 9.17) is 0 Å². The van der Waals surface area contributed by atoms with Gasteiger partial charge in [-0.05, 0) is 45.7 Å². The highest BCUT2D eigenvalue weighted by atomic mass is 79.9. The van der Waals surface area contributed by atoms with Crippen molar-refractivity contribution in [2.75, 3.05) is 37.6 Å². The van der Waals surface area contributed by atoms with Crippen molar-refractivity contribution in [3.63, 3.8) is 0 Å². The summed E-state index contributed by atoms with van der Waals surface area (Å²) in [4.78, 5) is 2.72. The Kier molecular flexibility index (Phi) is 9.23. The monoisotopic (exact) mass is 382 g/mol. The van der Waals surface area contributed by atoms with Crippen LogP contribution in [-0.2, 0) is 0 Å². The zero-order chi connectivity index (χ0) is 15.8. The number of nitrogens with zero attached hydrogens (tertiary/aromatic N) is 2. The molecule has 0 radical (unpaired) electrons. The second-order valence-electron chi connectivity index (χ2n) is 6.83. The molecule has 0 N–H and O–H groups in total. The molecule has 0 heterocycles. The maximum Gasteiger partial charge on any atom is 0.0964 e. The van der Waals surface area contributed by atoms with Crippen molar-refractivity contribution in [2.45, 2.75) is 58.9 Å². The van der Waals surface area contributed by atoms with Gasteiger partial charge in [-0.25, -0.2) is 0 Å². The average molecular weight is 383 g/mol. The molecule has 132 valence electrons. The highest BCUT2D eigenvalue weighted by Gasteiger charge is 2.26. The van der Waals surface area contributed by atoms with E-state index < -0.39 is 0 Å². The number of hydrogen-bond acceptors (Lipinski definition) is 1. The third-order valence-electron chi connectivity index (χ3n) is 5.93. The number of quaternary nitrogens is 1. The van der Waals surface area contributed by atoms with E-state index >= 15 is 0 Å². The first kappa shape index (κ1) is 20.5. The lowest BCUT2D eigenvalue weighted by molar-refractivity contribution is -0.921. The van der Waals surface area contributed by atoms with E-state index in [-0.39, 0.29) is 17.0 Å². The van der Waals surface area contributed by atoms with Gasteiger partial charge < -0.3 is 26.4 Å². The first-order chi connectivity index (χ1) is 10.7. The van der Waals surface area contributed by atoms with Gasteiger partial charge >= 0.3 is 0 Å². The molecule has 0 aromatic heterocycles. The quantitative estimate of drug-likeness (QED) is 0.618. The van der Waals surface area contributed by atoms with Crippen molar-refractivity contribution in [3.8, 4) is 0 Å². The zero-order valence-corrected chi connectivity index (χ0v) is 16.9. The van der Waals surface area contributed by atoms with Gasteiger partial charge in [-0.1, -0.05) is 37.5 Å². The van der Waals surface area contributed by atoms with Gasteiger partial charge in [-0.15, -0.1) is 0 Å². The largest absolute Gasteiger partial charge is 1.00 e. The Morgan fingerprint density at radius 2 is 1.48 bits per heavy atom. The average Bonchev–Trinajstić information content (AvgIpc) is 2.61. The number of likely N-dealkylation sites (N-methyl/N-ethyl adjacent to an activating group) is 1. The fourth-order valence-corrected chi connectivity index (χ4v) is 4.00. The third kappa shape index (κ3) is 5.49. The topological polar surface area (TPSA) is 3.24 Å². The minimum absolute atomic E-state index is 0. The summed E-state index contributed by atoms with van der Waals surface area (Å²) in [6.45, 7) is 13.3. The van der Waals surface area contributed by atoms with Crippen LogP contribution >= 0.6 is 0 Å². The first-order valence-electron chi connectivity index (χ1n) is 9.41. The zero-order valence-electron chi connectivity index (χ0n) is 15.3. The number of anilines is 1. The molecule has 0 atom stereocenters. The van der Waals surface area contributed by atoms with Gasteiger partial charge in [0.2, 0.25) is 0 Å². The Balaban J connectivity index is 0.00000264. The molecule has 1 fully saturated rings. The van der Waals surface area contributed by atoms with Crippen LogP contribution in [0.25, 0.3) is 0 Å². The van der Waals surface area contributed by atoms with E-state index in [9.17, 15) is 0 Å². The highest BCUT2D eigenvalue weighted by molar-refractivity contribution is 5.47. The van der Waals surface area contributed by atoms with E-state index in [0.717, 1.165) is 6.04 Å². The predicted molar refractivity (Wildman–Crippen MR) is 97.4 cm³/mol. The molecule has 1 saturated carbocycles. The minimum atomic E-state index is 0. The van der Waals surface area contributed by atoms with Crippen LogP contribution in [-0.4, -0.2) is 43.2 Å². The first-order valence-corrected chi connectivity index (χ1v) is 9.41. The fraction of sp³-hybridized carbons (Fsp3) is 0.700. The maximum absolute atomic E-state index is 2.72.